The minimum atomic E-state index is -0.339. The van der Waals surface area contributed by atoms with Crippen LogP contribution in [0.25, 0.3) is 0 Å². The summed E-state index contributed by atoms with van der Waals surface area (Å²) >= 11 is 1.65. The van der Waals surface area contributed by atoms with Crippen molar-refractivity contribution in [1.29, 1.82) is 0 Å². The van der Waals surface area contributed by atoms with Gasteiger partial charge in [0.25, 0.3) is 0 Å². The summed E-state index contributed by atoms with van der Waals surface area (Å²) in [5.41, 5.74) is 1.42. The largest absolute Gasteiger partial charge is 0.355 e. The van der Waals surface area contributed by atoms with Gasteiger partial charge < -0.3 is 5.32 Å². The summed E-state index contributed by atoms with van der Waals surface area (Å²) < 4.78 is 13.4. The van der Waals surface area contributed by atoms with Crippen LogP contribution in [-0.4, -0.2) is 17.4 Å². The molecule has 0 radical (unpaired) electrons. The van der Waals surface area contributed by atoms with Gasteiger partial charge in [0.05, 0.1) is 17.1 Å². The second-order valence-electron chi connectivity index (χ2n) is 5.20. The van der Waals surface area contributed by atoms with Crippen LogP contribution in [0.15, 0.2) is 29.6 Å². The zero-order valence-corrected chi connectivity index (χ0v) is 13.0. The number of halogens is 1. The number of rotatable bonds is 6. The van der Waals surface area contributed by atoms with E-state index in [0.717, 1.165) is 10.7 Å². The van der Waals surface area contributed by atoms with Crippen molar-refractivity contribution in [2.75, 3.05) is 6.54 Å². The zero-order valence-electron chi connectivity index (χ0n) is 12.2. The number of nitrogens with one attached hydrogen (secondary N) is 1. The highest BCUT2D eigenvalue weighted by atomic mass is 32.1. The van der Waals surface area contributed by atoms with E-state index >= 15 is 0 Å². The van der Waals surface area contributed by atoms with Crippen LogP contribution in [0.1, 0.15) is 36.0 Å². The maximum atomic E-state index is 13.4. The monoisotopic (exact) mass is 306 g/mol. The molecule has 0 aliphatic carbocycles. The molecular formula is C16H19FN2OS. The number of aromatic nitrogens is 1. The van der Waals surface area contributed by atoms with Crippen LogP contribution in [0.5, 0.6) is 0 Å². The van der Waals surface area contributed by atoms with Crippen LogP contribution in [-0.2, 0) is 17.6 Å². The van der Waals surface area contributed by atoms with Crippen LogP contribution < -0.4 is 5.32 Å². The molecule has 0 fully saturated rings. The lowest BCUT2D eigenvalue weighted by Gasteiger charge is -2.05. The molecule has 1 amide bonds. The summed E-state index contributed by atoms with van der Waals surface area (Å²) in [5.74, 6) is -0.0764. The van der Waals surface area contributed by atoms with Gasteiger partial charge in [-0.1, -0.05) is 32.0 Å². The zero-order chi connectivity index (χ0) is 15.2. The molecule has 21 heavy (non-hydrogen) atoms. The minimum absolute atomic E-state index is 0.0704. The Kier molecular flexibility index (Phi) is 5.44. The fourth-order valence-corrected chi connectivity index (χ4v) is 2.78. The van der Waals surface area contributed by atoms with Gasteiger partial charge in [0.15, 0.2) is 0 Å². The van der Waals surface area contributed by atoms with Crippen molar-refractivity contribution >= 4 is 17.2 Å². The smallest absolute Gasteiger partial charge is 0.224 e. The third-order valence-corrected chi connectivity index (χ3v) is 4.27. The first kappa shape index (κ1) is 15.6. The van der Waals surface area contributed by atoms with E-state index in [1.165, 1.54) is 6.07 Å². The van der Waals surface area contributed by atoms with E-state index in [1.54, 1.807) is 29.5 Å². The standard InChI is InChI=1S/C16H19FN2OS/c1-11(2)16-19-13(10-21-16)7-8-18-15(20)9-12-5-3-4-6-14(12)17/h3-6,10-11H,7-9H2,1-2H3,(H,18,20). The second kappa shape index (κ2) is 7.31. The van der Waals surface area contributed by atoms with Crippen LogP contribution >= 0.6 is 11.3 Å². The topological polar surface area (TPSA) is 42.0 Å². The molecule has 0 aliphatic rings. The molecule has 1 aromatic heterocycles. The van der Waals surface area contributed by atoms with E-state index in [-0.39, 0.29) is 18.1 Å². The van der Waals surface area contributed by atoms with Gasteiger partial charge in [-0.25, -0.2) is 9.37 Å². The average Bonchev–Trinajstić information content (AvgIpc) is 2.90. The Morgan fingerprint density at radius 2 is 2.14 bits per heavy atom. The Balaban J connectivity index is 1.78. The quantitative estimate of drug-likeness (QED) is 0.889. The summed E-state index contributed by atoms with van der Waals surface area (Å²) in [6, 6.07) is 6.34. The lowest BCUT2D eigenvalue weighted by atomic mass is 10.1. The molecule has 0 aliphatic heterocycles. The predicted molar refractivity (Wildman–Crippen MR) is 83.0 cm³/mol. The summed E-state index contributed by atoms with van der Waals surface area (Å²) in [6.07, 6.45) is 0.771. The summed E-state index contributed by atoms with van der Waals surface area (Å²) in [4.78, 5) is 16.3. The maximum Gasteiger partial charge on any atom is 0.224 e. The fraction of sp³-hybridized carbons (Fsp3) is 0.375. The van der Waals surface area contributed by atoms with E-state index in [4.69, 9.17) is 0 Å². The number of carbonyl (C=O) groups excluding carboxylic acids is 1. The van der Waals surface area contributed by atoms with Crippen molar-refractivity contribution < 1.29 is 9.18 Å². The molecule has 3 nitrogen and oxygen atoms in total. The first-order valence-electron chi connectivity index (χ1n) is 7.00. The van der Waals surface area contributed by atoms with E-state index < -0.39 is 0 Å². The van der Waals surface area contributed by atoms with Gasteiger partial charge in [-0.3, -0.25) is 4.79 Å². The molecule has 2 rings (SSSR count). The molecular weight excluding hydrogens is 287 g/mol. The summed E-state index contributed by atoms with van der Waals surface area (Å²) in [5, 5.41) is 5.94. The van der Waals surface area contributed by atoms with Gasteiger partial charge in [-0.05, 0) is 11.6 Å². The molecule has 1 N–H and O–H groups in total. The Morgan fingerprint density at radius 1 is 1.38 bits per heavy atom. The van der Waals surface area contributed by atoms with Crippen molar-refractivity contribution in [1.82, 2.24) is 10.3 Å². The third kappa shape index (κ3) is 4.63. The highest BCUT2D eigenvalue weighted by Gasteiger charge is 2.08. The number of hydrogen-bond donors (Lipinski definition) is 1. The Labute approximate surface area is 128 Å². The van der Waals surface area contributed by atoms with Crippen LogP contribution in [0.3, 0.4) is 0 Å². The van der Waals surface area contributed by atoms with Gasteiger partial charge in [-0.2, -0.15) is 0 Å². The fourth-order valence-electron chi connectivity index (χ4n) is 1.91. The number of hydrogen-bond acceptors (Lipinski definition) is 3. The SMILES string of the molecule is CC(C)c1nc(CCNC(=O)Cc2ccccc2F)cs1. The van der Waals surface area contributed by atoms with Crippen molar-refractivity contribution in [3.05, 3.63) is 51.7 Å². The molecule has 112 valence electrons. The summed E-state index contributed by atoms with van der Waals surface area (Å²) in [7, 11) is 0. The molecule has 1 heterocycles. The molecule has 0 saturated carbocycles. The first-order valence-corrected chi connectivity index (χ1v) is 7.88. The Hall–Kier alpha value is -1.75. The molecule has 2 aromatic rings. The van der Waals surface area contributed by atoms with Gasteiger partial charge in [0, 0.05) is 24.3 Å². The van der Waals surface area contributed by atoms with Gasteiger partial charge in [0.1, 0.15) is 5.82 Å². The number of carbonyl (C=O) groups is 1. The lowest BCUT2D eigenvalue weighted by molar-refractivity contribution is -0.120. The number of thiazole rings is 1. The molecule has 0 saturated heterocycles. The highest BCUT2D eigenvalue weighted by Crippen LogP contribution is 2.19. The van der Waals surface area contributed by atoms with Crippen LogP contribution in [0, 0.1) is 5.82 Å². The number of nitrogens with zero attached hydrogens (tertiary/aromatic N) is 1. The molecule has 0 spiro atoms. The lowest BCUT2D eigenvalue weighted by Crippen LogP contribution is -2.27. The normalized spacial score (nSPS) is 10.9. The second-order valence-corrected chi connectivity index (χ2v) is 6.09. The number of benzene rings is 1. The summed E-state index contributed by atoms with van der Waals surface area (Å²) in [6.45, 7) is 4.74. The van der Waals surface area contributed by atoms with Crippen LogP contribution in [0.4, 0.5) is 4.39 Å². The molecule has 5 heteroatoms. The van der Waals surface area contributed by atoms with E-state index in [1.807, 2.05) is 5.38 Å². The average molecular weight is 306 g/mol. The van der Waals surface area contributed by atoms with Crippen molar-refractivity contribution in [3.8, 4) is 0 Å². The Morgan fingerprint density at radius 3 is 2.81 bits per heavy atom. The van der Waals surface area contributed by atoms with E-state index in [0.29, 0.717) is 24.4 Å². The molecule has 0 bridgehead atoms. The predicted octanol–water partition coefficient (Wildman–Crippen LogP) is 3.31. The van der Waals surface area contributed by atoms with Gasteiger partial charge in [0.2, 0.25) is 5.91 Å². The minimum Gasteiger partial charge on any atom is -0.355 e. The highest BCUT2D eigenvalue weighted by molar-refractivity contribution is 7.09. The Bertz CT molecular complexity index is 610. The molecule has 0 atom stereocenters. The molecule has 1 aromatic carbocycles. The van der Waals surface area contributed by atoms with Crippen molar-refractivity contribution in [2.24, 2.45) is 0 Å². The first-order chi connectivity index (χ1) is 10.1. The van der Waals surface area contributed by atoms with Crippen molar-refractivity contribution in [3.63, 3.8) is 0 Å². The number of amides is 1. The van der Waals surface area contributed by atoms with Gasteiger partial charge >= 0.3 is 0 Å². The van der Waals surface area contributed by atoms with Crippen LogP contribution in [0.2, 0.25) is 0 Å². The molecule has 0 unspecified atom stereocenters. The van der Waals surface area contributed by atoms with E-state index in [2.05, 4.69) is 24.1 Å². The maximum absolute atomic E-state index is 13.4. The third-order valence-electron chi connectivity index (χ3n) is 3.08. The van der Waals surface area contributed by atoms with Gasteiger partial charge in [-0.15, -0.1) is 11.3 Å². The van der Waals surface area contributed by atoms with Crippen molar-refractivity contribution in [2.45, 2.75) is 32.6 Å². The van der Waals surface area contributed by atoms with E-state index in [9.17, 15) is 9.18 Å².